The Balaban J connectivity index is 2.74. The maximum Gasteiger partial charge on any atom is 0.407 e. The standard InChI is InChI=1S/C9H15NO4/c1-2-3-9(7(11)12)4-5-10(6-9)8(13)14/h2-6H2,1H3,(H,11,12)(H,13,14)/t9-/m0/s1. The van der Waals surface area contributed by atoms with E-state index >= 15 is 0 Å². The molecule has 0 aromatic heterocycles. The first kappa shape index (κ1) is 10.8. The van der Waals surface area contributed by atoms with E-state index in [2.05, 4.69) is 0 Å². The molecule has 1 fully saturated rings. The number of aliphatic carboxylic acids is 1. The maximum atomic E-state index is 11.1. The Morgan fingerprint density at radius 2 is 2.07 bits per heavy atom. The summed E-state index contributed by atoms with van der Waals surface area (Å²) in [6, 6.07) is 0. The molecule has 1 aliphatic heterocycles. The van der Waals surface area contributed by atoms with Crippen LogP contribution >= 0.6 is 0 Å². The Hall–Kier alpha value is -1.26. The molecular formula is C9H15NO4. The van der Waals surface area contributed by atoms with Crippen LogP contribution in [0.3, 0.4) is 0 Å². The Kier molecular flexibility index (Phi) is 2.98. The molecule has 1 rings (SSSR count). The molecule has 0 aromatic rings. The van der Waals surface area contributed by atoms with Gasteiger partial charge in [-0.1, -0.05) is 13.3 Å². The van der Waals surface area contributed by atoms with Crippen molar-refractivity contribution >= 4 is 12.1 Å². The van der Waals surface area contributed by atoms with Crippen molar-refractivity contribution in [3.63, 3.8) is 0 Å². The summed E-state index contributed by atoms with van der Waals surface area (Å²) >= 11 is 0. The topological polar surface area (TPSA) is 77.8 Å². The van der Waals surface area contributed by atoms with Crippen LogP contribution < -0.4 is 0 Å². The van der Waals surface area contributed by atoms with Gasteiger partial charge in [0.25, 0.3) is 0 Å². The van der Waals surface area contributed by atoms with Crippen molar-refractivity contribution in [2.24, 2.45) is 5.41 Å². The van der Waals surface area contributed by atoms with Gasteiger partial charge in [0.1, 0.15) is 0 Å². The van der Waals surface area contributed by atoms with Gasteiger partial charge in [-0.2, -0.15) is 0 Å². The zero-order valence-corrected chi connectivity index (χ0v) is 8.19. The van der Waals surface area contributed by atoms with E-state index in [0.717, 1.165) is 6.42 Å². The van der Waals surface area contributed by atoms with Crippen LogP contribution in [-0.2, 0) is 4.79 Å². The van der Waals surface area contributed by atoms with Crippen molar-refractivity contribution < 1.29 is 19.8 Å². The first-order valence-corrected chi connectivity index (χ1v) is 4.73. The van der Waals surface area contributed by atoms with Crippen molar-refractivity contribution in [3.05, 3.63) is 0 Å². The van der Waals surface area contributed by atoms with Crippen LogP contribution in [0.1, 0.15) is 26.2 Å². The molecule has 0 aliphatic carbocycles. The van der Waals surface area contributed by atoms with Crippen LogP contribution in [0.4, 0.5) is 4.79 Å². The molecule has 1 heterocycles. The van der Waals surface area contributed by atoms with Gasteiger partial charge in [-0.15, -0.1) is 0 Å². The SMILES string of the molecule is CCC[C@]1(C(=O)O)CCN(C(=O)O)C1. The zero-order valence-electron chi connectivity index (χ0n) is 8.19. The second kappa shape index (κ2) is 3.86. The fourth-order valence-corrected chi connectivity index (χ4v) is 2.00. The van der Waals surface area contributed by atoms with Crippen LogP contribution in [-0.4, -0.2) is 40.3 Å². The van der Waals surface area contributed by atoms with Crippen LogP contribution in [0.2, 0.25) is 0 Å². The summed E-state index contributed by atoms with van der Waals surface area (Å²) in [7, 11) is 0. The van der Waals surface area contributed by atoms with E-state index < -0.39 is 17.5 Å². The van der Waals surface area contributed by atoms with E-state index in [-0.39, 0.29) is 6.54 Å². The van der Waals surface area contributed by atoms with Crippen LogP contribution in [0.15, 0.2) is 0 Å². The lowest BCUT2D eigenvalue weighted by atomic mass is 9.83. The zero-order chi connectivity index (χ0) is 10.8. The fraction of sp³-hybridized carbons (Fsp3) is 0.778. The monoisotopic (exact) mass is 201 g/mol. The fourth-order valence-electron chi connectivity index (χ4n) is 2.00. The molecule has 80 valence electrons. The number of amides is 1. The van der Waals surface area contributed by atoms with Gasteiger partial charge in [0.2, 0.25) is 0 Å². The van der Waals surface area contributed by atoms with Crippen LogP contribution in [0, 0.1) is 5.41 Å². The number of likely N-dealkylation sites (tertiary alicyclic amines) is 1. The molecule has 0 bridgehead atoms. The molecule has 0 aromatic carbocycles. The van der Waals surface area contributed by atoms with E-state index in [1.165, 1.54) is 4.90 Å². The third kappa shape index (κ3) is 1.81. The number of rotatable bonds is 3. The summed E-state index contributed by atoms with van der Waals surface area (Å²) in [6.45, 7) is 2.38. The maximum absolute atomic E-state index is 11.1. The van der Waals surface area contributed by atoms with Crippen LogP contribution in [0.25, 0.3) is 0 Å². The average Bonchev–Trinajstić information content (AvgIpc) is 2.50. The molecule has 0 spiro atoms. The highest BCUT2D eigenvalue weighted by Crippen LogP contribution is 2.35. The first-order chi connectivity index (χ1) is 6.52. The van der Waals surface area contributed by atoms with Gasteiger partial charge in [0, 0.05) is 13.1 Å². The van der Waals surface area contributed by atoms with Crippen molar-refractivity contribution in [2.75, 3.05) is 13.1 Å². The second-order valence-electron chi connectivity index (χ2n) is 3.79. The lowest BCUT2D eigenvalue weighted by molar-refractivity contribution is -0.148. The Morgan fingerprint density at radius 1 is 1.43 bits per heavy atom. The van der Waals surface area contributed by atoms with Crippen molar-refractivity contribution in [2.45, 2.75) is 26.2 Å². The van der Waals surface area contributed by atoms with Crippen molar-refractivity contribution in [1.29, 1.82) is 0 Å². The van der Waals surface area contributed by atoms with Crippen molar-refractivity contribution in [1.82, 2.24) is 4.90 Å². The molecule has 0 saturated carbocycles. The van der Waals surface area contributed by atoms with Gasteiger partial charge in [-0.25, -0.2) is 4.79 Å². The molecule has 1 atom stereocenters. The highest BCUT2D eigenvalue weighted by molar-refractivity contribution is 5.77. The van der Waals surface area contributed by atoms with Gasteiger partial charge >= 0.3 is 12.1 Å². The summed E-state index contributed by atoms with van der Waals surface area (Å²) in [6.07, 6.45) is 0.721. The lowest BCUT2D eigenvalue weighted by Gasteiger charge is -2.22. The van der Waals surface area contributed by atoms with Gasteiger partial charge in [0.15, 0.2) is 0 Å². The molecule has 0 radical (unpaired) electrons. The van der Waals surface area contributed by atoms with Gasteiger partial charge in [0.05, 0.1) is 5.41 Å². The molecule has 5 heteroatoms. The van der Waals surface area contributed by atoms with E-state index in [4.69, 9.17) is 10.2 Å². The smallest absolute Gasteiger partial charge is 0.407 e. The second-order valence-corrected chi connectivity index (χ2v) is 3.79. The predicted octanol–water partition coefficient (Wildman–Crippen LogP) is 1.24. The number of nitrogens with zero attached hydrogens (tertiary/aromatic N) is 1. The minimum atomic E-state index is -1.02. The quantitative estimate of drug-likeness (QED) is 0.720. The highest BCUT2D eigenvalue weighted by Gasteiger charge is 2.45. The molecule has 1 amide bonds. The number of hydrogen-bond acceptors (Lipinski definition) is 2. The molecule has 2 N–H and O–H groups in total. The van der Waals surface area contributed by atoms with Gasteiger partial charge in [-0.05, 0) is 12.8 Å². The summed E-state index contributed by atoms with van der Waals surface area (Å²) in [5, 5.41) is 17.8. The van der Waals surface area contributed by atoms with E-state index in [1.54, 1.807) is 0 Å². The minimum absolute atomic E-state index is 0.130. The van der Waals surface area contributed by atoms with Gasteiger partial charge < -0.3 is 15.1 Å². The molecule has 1 saturated heterocycles. The number of carbonyl (C=O) groups is 2. The lowest BCUT2D eigenvalue weighted by Crippen LogP contribution is -2.36. The number of carboxylic acids is 1. The summed E-state index contributed by atoms with van der Waals surface area (Å²) < 4.78 is 0. The highest BCUT2D eigenvalue weighted by atomic mass is 16.4. The predicted molar refractivity (Wildman–Crippen MR) is 49.2 cm³/mol. The first-order valence-electron chi connectivity index (χ1n) is 4.73. The number of hydrogen-bond donors (Lipinski definition) is 2. The summed E-state index contributed by atoms with van der Waals surface area (Å²) in [5.74, 6) is -0.872. The molecule has 0 unspecified atom stereocenters. The van der Waals surface area contributed by atoms with E-state index in [0.29, 0.717) is 19.4 Å². The molecule has 1 aliphatic rings. The van der Waals surface area contributed by atoms with Crippen LogP contribution in [0.5, 0.6) is 0 Å². The Labute approximate surface area is 82.3 Å². The van der Waals surface area contributed by atoms with E-state index in [1.807, 2.05) is 6.92 Å². The Bertz CT molecular complexity index is 253. The van der Waals surface area contributed by atoms with Gasteiger partial charge in [-0.3, -0.25) is 4.79 Å². The molecule has 14 heavy (non-hydrogen) atoms. The molecular weight excluding hydrogens is 186 g/mol. The summed E-state index contributed by atoms with van der Waals surface area (Å²) in [4.78, 5) is 22.9. The normalized spacial score (nSPS) is 26.5. The number of carboxylic acid groups (broad SMARTS) is 2. The largest absolute Gasteiger partial charge is 0.481 e. The Morgan fingerprint density at radius 3 is 2.43 bits per heavy atom. The average molecular weight is 201 g/mol. The summed E-state index contributed by atoms with van der Waals surface area (Å²) in [5.41, 5.74) is -0.840. The minimum Gasteiger partial charge on any atom is -0.481 e. The third-order valence-corrected chi connectivity index (χ3v) is 2.81. The van der Waals surface area contributed by atoms with Crippen molar-refractivity contribution in [3.8, 4) is 0 Å². The van der Waals surface area contributed by atoms with E-state index in [9.17, 15) is 9.59 Å². The molecule has 5 nitrogen and oxygen atoms in total. The third-order valence-electron chi connectivity index (χ3n) is 2.81.